The van der Waals surface area contributed by atoms with E-state index < -0.39 is 5.41 Å². The first-order valence-electron chi connectivity index (χ1n) is 20.5. The van der Waals surface area contributed by atoms with Crippen molar-refractivity contribution >= 4 is 48.6 Å². The monoisotopic (exact) mass is 672 g/mol. The first kappa shape index (κ1) is 22.5. The van der Waals surface area contributed by atoms with Crippen LogP contribution in [-0.4, -0.2) is 0 Å². The fourth-order valence-electron chi connectivity index (χ4n) is 8.57. The summed E-state index contributed by atoms with van der Waals surface area (Å²) in [6.45, 7) is 0. The van der Waals surface area contributed by atoms with Gasteiger partial charge in [0.1, 0.15) is 0 Å². The average Bonchev–Trinajstić information content (AvgIpc) is 3.91. The van der Waals surface area contributed by atoms with Crippen molar-refractivity contribution in [3.63, 3.8) is 0 Å². The molecule has 0 unspecified atom stereocenters. The van der Waals surface area contributed by atoms with Crippen LogP contribution in [0.2, 0.25) is 0 Å². The maximum atomic E-state index is 9.63. The third kappa shape index (κ3) is 3.97. The second-order valence-corrected chi connectivity index (χ2v) is 14.1. The van der Waals surface area contributed by atoms with Crippen molar-refractivity contribution < 1.29 is 9.60 Å². The molecule has 0 N–H and O–H groups in total. The van der Waals surface area contributed by atoms with Gasteiger partial charge in [-0.15, -0.1) is 11.3 Å². The van der Waals surface area contributed by atoms with Crippen LogP contribution in [0.5, 0.6) is 0 Å². The molecule has 1 heterocycles. The van der Waals surface area contributed by atoms with Crippen LogP contribution in [0, 0.1) is 0 Å². The fraction of sp³-hybridized carbons (Fsp3) is 0.0204. The number of hydrogen-bond acceptors (Lipinski definition) is 2. The standard InChI is InChI=1S/C49H31NS/c1-2-13-32(14-3-1)33-25-27-34(28-26-33)50(45-22-12-24-47-48(45)40-18-7-11-23-46(40)51-47)35-29-30-39-38-17-6-10-21-43(38)49(44(39)31-35)41-19-8-4-15-36(41)37-16-5-9-20-42(37)49/h1-31H/i7D,11D,12D,18D,22D,23D,24D. The lowest BCUT2D eigenvalue weighted by atomic mass is 9.70. The van der Waals surface area contributed by atoms with Crippen LogP contribution in [0.4, 0.5) is 17.1 Å². The summed E-state index contributed by atoms with van der Waals surface area (Å²) >= 11 is 1.08. The SMILES string of the molecule is [2H]c1c([2H])c([2H])c2c(sc3c([2H])c([2H])c([2H])c(N(c4ccc(-c5ccccc5)cc4)c4ccc5c(c4)C4(c6ccccc6-c6ccccc64)c4ccccc4-5)c32)c1[2H]. The highest BCUT2D eigenvalue weighted by molar-refractivity contribution is 7.26. The Morgan fingerprint density at radius 3 is 1.69 bits per heavy atom. The van der Waals surface area contributed by atoms with Gasteiger partial charge in [0, 0.05) is 31.5 Å². The molecule has 0 atom stereocenters. The quantitative estimate of drug-likeness (QED) is 0.180. The van der Waals surface area contributed by atoms with Gasteiger partial charge in [0.05, 0.1) is 20.7 Å². The number of thiophene rings is 1. The van der Waals surface area contributed by atoms with E-state index in [4.69, 9.17) is 8.22 Å². The third-order valence-electron chi connectivity index (χ3n) is 10.6. The Bertz CT molecular complexity index is 3150. The molecule has 0 radical (unpaired) electrons. The highest BCUT2D eigenvalue weighted by atomic mass is 32.1. The Morgan fingerprint density at radius 1 is 0.451 bits per heavy atom. The van der Waals surface area contributed by atoms with E-state index >= 15 is 0 Å². The molecule has 0 saturated heterocycles. The van der Waals surface area contributed by atoms with Gasteiger partial charge in [0.25, 0.3) is 0 Å². The zero-order chi connectivity index (χ0) is 39.6. The lowest BCUT2D eigenvalue weighted by Crippen LogP contribution is -2.26. The fourth-order valence-corrected chi connectivity index (χ4v) is 9.54. The van der Waals surface area contributed by atoms with E-state index in [1.165, 1.54) is 27.8 Å². The van der Waals surface area contributed by atoms with Gasteiger partial charge in [-0.1, -0.05) is 145 Å². The lowest BCUT2D eigenvalue weighted by Gasteiger charge is -2.32. The topological polar surface area (TPSA) is 3.24 Å². The summed E-state index contributed by atoms with van der Waals surface area (Å²) in [5.74, 6) is 0. The molecule has 2 aliphatic rings. The van der Waals surface area contributed by atoms with Crippen molar-refractivity contribution in [3.8, 4) is 33.4 Å². The summed E-state index contributed by atoms with van der Waals surface area (Å²) in [5.41, 5.74) is 12.4. The molecule has 1 spiro atoms. The molecular formula is C49H31NS. The number of benzene rings is 8. The van der Waals surface area contributed by atoms with Crippen LogP contribution < -0.4 is 4.90 Å². The van der Waals surface area contributed by atoms with Crippen molar-refractivity contribution in [1.29, 1.82) is 0 Å². The molecule has 1 aromatic heterocycles. The van der Waals surface area contributed by atoms with Crippen molar-refractivity contribution in [3.05, 3.63) is 210 Å². The molecule has 51 heavy (non-hydrogen) atoms. The molecule has 0 bridgehead atoms. The summed E-state index contributed by atoms with van der Waals surface area (Å²) in [4.78, 5) is 1.95. The molecule has 8 aromatic carbocycles. The first-order valence-corrected chi connectivity index (χ1v) is 17.8. The van der Waals surface area contributed by atoms with E-state index in [1.807, 2.05) is 53.4 Å². The largest absolute Gasteiger partial charge is 0.310 e. The van der Waals surface area contributed by atoms with Gasteiger partial charge in [-0.05, 0) is 98.0 Å². The highest BCUT2D eigenvalue weighted by Gasteiger charge is 2.51. The normalized spacial score (nSPS) is 15.2. The number of fused-ring (bicyclic) bond motifs is 13. The van der Waals surface area contributed by atoms with E-state index in [0.717, 1.165) is 39.2 Å². The molecular weight excluding hydrogens is 635 g/mol. The molecule has 238 valence electrons. The molecule has 9 aromatic rings. The van der Waals surface area contributed by atoms with Crippen molar-refractivity contribution in [1.82, 2.24) is 0 Å². The summed E-state index contributed by atoms with van der Waals surface area (Å²) < 4.78 is 63.6. The Balaban J connectivity index is 1.25. The van der Waals surface area contributed by atoms with E-state index in [1.54, 1.807) is 0 Å². The molecule has 0 aliphatic heterocycles. The summed E-state index contributed by atoms with van der Waals surface area (Å²) in [6.07, 6.45) is 0. The lowest BCUT2D eigenvalue weighted by molar-refractivity contribution is 0.793. The second-order valence-electron chi connectivity index (χ2n) is 13.1. The molecule has 11 rings (SSSR count). The second kappa shape index (κ2) is 10.9. The minimum absolute atomic E-state index is 0.177. The number of nitrogens with zero attached hydrogens (tertiary/aromatic N) is 1. The number of hydrogen-bond donors (Lipinski definition) is 0. The zero-order valence-electron chi connectivity index (χ0n) is 34.2. The van der Waals surface area contributed by atoms with Crippen LogP contribution in [0.1, 0.15) is 31.8 Å². The van der Waals surface area contributed by atoms with Gasteiger partial charge < -0.3 is 4.90 Å². The zero-order valence-corrected chi connectivity index (χ0v) is 28.0. The maximum absolute atomic E-state index is 9.63. The van der Waals surface area contributed by atoms with E-state index in [0.29, 0.717) is 26.2 Å². The minimum atomic E-state index is -0.642. The number of anilines is 3. The minimum Gasteiger partial charge on any atom is -0.310 e. The van der Waals surface area contributed by atoms with Crippen LogP contribution >= 0.6 is 11.3 Å². The Kier molecular flexibility index (Phi) is 4.80. The molecule has 2 aliphatic carbocycles. The predicted octanol–water partition coefficient (Wildman–Crippen LogP) is 13.5. The van der Waals surface area contributed by atoms with Crippen LogP contribution in [-0.2, 0) is 5.41 Å². The molecule has 2 heteroatoms. The van der Waals surface area contributed by atoms with Crippen LogP contribution in [0.15, 0.2) is 188 Å². The van der Waals surface area contributed by atoms with Gasteiger partial charge in [-0.2, -0.15) is 0 Å². The van der Waals surface area contributed by atoms with Crippen molar-refractivity contribution in [2.75, 3.05) is 4.90 Å². The van der Waals surface area contributed by atoms with Gasteiger partial charge in [-0.3, -0.25) is 0 Å². The Labute approximate surface area is 311 Å². The average molecular weight is 673 g/mol. The smallest absolute Gasteiger partial charge is 0.0726 e. The highest BCUT2D eigenvalue weighted by Crippen LogP contribution is 2.63. The maximum Gasteiger partial charge on any atom is 0.0726 e. The van der Waals surface area contributed by atoms with Gasteiger partial charge >= 0.3 is 0 Å². The van der Waals surface area contributed by atoms with Crippen LogP contribution in [0.25, 0.3) is 53.6 Å². The van der Waals surface area contributed by atoms with E-state index in [9.17, 15) is 1.37 Å². The van der Waals surface area contributed by atoms with E-state index in [-0.39, 0.29) is 53.4 Å². The summed E-state index contributed by atoms with van der Waals surface area (Å²) in [7, 11) is 0. The Morgan fingerprint density at radius 2 is 1.00 bits per heavy atom. The summed E-state index contributed by atoms with van der Waals surface area (Å²) in [5, 5.41) is 0.609. The number of rotatable bonds is 4. The van der Waals surface area contributed by atoms with E-state index in [2.05, 4.69) is 97.1 Å². The van der Waals surface area contributed by atoms with Crippen LogP contribution in [0.3, 0.4) is 0 Å². The Hall–Kier alpha value is -6.22. The third-order valence-corrected chi connectivity index (χ3v) is 11.6. The van der Waals surface area contributed by atoms with Crippen molar-refractivity contribution in [2.24, 2.45) is 0 Å². The molecule has 0 fully saturated rings. The van der Waals surface area contributed by atoms with Gasteiger partial charge in [-0.25, -0.2) is 0 Å². The van der Waals surface area contributed by atoms with Gasteiger partial charge in [0.15, 0.2) is 0 Å². The summed E-state index contributed by atoms with van der Waals surface area (Å²) in [6, 6.07) is 48.5. The molecule has 0 amide bonds. The molecule has 1 nitrogen and oxygen atoms in total. The molecule has 0 saturated carbocycles. The first-order chi connectivity index (χ1) is 28.2. The predicted molar refractivity (Wildman–Crippen MR) is 216 cm³/mol. The van der Waals surface area contributed by atoms with Crippen molar-refractivity contribution in [2.45, 2.75) is 5.41 Å². The van der Waals surface area contributed by atoms with Gasteiger partial charge in [0.2, 0.25) is 0 Å².